The van der Waals surface area contributed by atoms with E-state index in [1.54, 1.807) is 6.92 Å². The second-order valence-electron chi connectivity index (χ2n) is 4.67. The van der Waals surface area contributed by atoms with Gasteiger partial charge in [-0.1, -0.05) is 25.6 Å². The van der Waals surface area contributed by atoms with Crippen LogP contribution in [-0.2, 0) is 14.3 Å². The smallest absolute Gasteiger partial charge is 0.337 e. The standard InChI is InChI=1S/C12H18O3Si/c1-5-15-12(13)11-9-14-8-10(11)6-7-16(2,3)4/h5,8-9H2,1-4H3. The van der Waals surface area contributed by atoms with E-state index in [1.807, 2.05) is 0 Å². The molecule has 88 valence electrons. The lowest BCUT2D eigenvalue weighted by atomic mass is 10.2. The van der Waals surface area contributed by atoms with E-state index in [9.17, 15) is 4.79 Å². The van der Waals surface area contributed by atoms with E-state index in [2.05, 4.69) is 31.1 Å². The molecule has 0 aromatic heterocycles. The summed E-state index contributed by atoms with van der Waals surface area (Å²) >= 11 is 0. The number of rotatable bonds is 2. The number of esters is 1. The van der Waals surface area contributed by atoms with Gasteiger partial charge in [-0.3, -0.25) is 0 Å². The lowest BCUT2D eigenvalue weighted by molar-refractivity contribution is -0.138. The first-order valence-electron chi connectivity index (χ1n) is 5.44. The maximum Gasteiger partial charge on any atom is 0.337 e. The fourth-order valence-corrected chi connectivity index (χ4v) is 1.73. The van der Waals surface area contributed by atoms with Crippen molar-refractivity contribution in [3.8, 4) is 11.5 Å². The van der Waals surface area contributed by atoms with Crippen molar-refractivity contribution in [1.82, 2.24) is 0 Å². The molecule has 0 fully saturated rings. The zero-order chi connectivity index (χ0) is 12.2. The second kappa shape index (κ2) is 5.33. The van der Waals surface area contributed by atoms with Gasteiger partial charge in [-0.15, -0.1) is 5.54 Å². The summed E-state index contributed by atoms with van der Waals surface area (Å²) in [6, 6.07) is 0. The van der Waals surface area contributed by atoms with Crippen LogP contribution in [0, 0.1) is 11.5 Å². The van der Waals surface area contributed by atoms with Crippen molar-refractivity contribution < 1.29 is 14.3 Å². The molecule has 0 saturated carbocycles. The first-order valence-corrected chi connectivity index (χ1v) is 8.94. The molecule has 0 atom stereocenters. The predicted octanol–water partition coefficient (Wildman–Crippen LogP) is 1.76. The lowest BCUT2D eigenvalue weighted by Gasteiger charge is -2.04. The van der Waals surface area contributed by atoms with Crippen LogP contribution in [0.1, 0.15) is 6.92 Å². The van der Waals surface area contributed by atoms with Gasteiger partial charge in [0.05, 0.1) is 25.4 Å². The summed E-state index contributed by atoms with van der Waals surface area (Å²) in [4.78, 5) is 11.6. The maximum absolute atomic E-state index is 11.6. The van der Waals surface area contributed by atoms with Crippen LogP contribution in [0.5, 0.6) is 0 Å². The SMILES string of the molecule is CCOC(=O)C1=C(C#C[Si](C)(C)C)COC1. The van der Waals surface area contributed by atoms with Gasteiger partial charge in [0.2, 0.25) is 0 Å². The predicted molar refractivity (Wildman–Crippen MR) is 65.6 cm³/mol. The van der Waals surface area contributed by atoms with Crippen LogP contribution in [0.2, 0.25) is 19.6 Å². The summed E-state index contributed by atoms with van der Waals surface area (Å²) in [5.41, 5.74) is 4.62. The molecule has 0 amide bonds. The van der Waals surface area contributed by atoms with Crippen LogP contribution in [0.25, 0.3) is 0 Å². The minimum Gasteiger partial charge on any atom is -0.463 e. The third-order valence-electron chi connectivity index (χ3n) is 1.97. The molecule has 1 aliphatic heterocycles. The Morgan fingerprint density at radius 1 is 1.44 bits per heavy atom. The molecule has 0 aromatic carbocycles. The van der Waals surface area contributed by atoms with Gasteiger partial charge in [0, 0.05) is 5.57 Å². The summed E-state index contributed by atoms with van der Waals surface area (Å²) in [6.45, 7) is 9.44. The molecule has 0 radical (unpaired) electrons. The van der Waals surface area contributed by atoms with Crippen molar-refractivity contribution in [2.24, 2.45) is 0 Å². The molecule has 4 heteroatoms. The van der Waals surface area contributed by atoms with Gasteiger partial charge >= 0.3 is 5.97 Å². The zero-order valence-corrected chi connectivity index (χ0v) is 11.3. The van der Waals surface area contributed by atoms with Crippen molar-refractivity contribution >= 4 is 14.0 Å². The van der Waals surface area contributed by atoms with Gasteiger partial charge in [0.15, 0.2) is 0 Å². The van der Waals surface area contributed by atoms with Crippen molar-refractivity contribution in [2.45, 2.75) is 26.6 Å². The van der Waals surface area contributed by atoms with Crippen LogP contribution in [-0.4, -0.2) is 33.9 Å². The molecule has 0 unspecified atom stereocenters. The van der Waals surface area contributed by atoms with Crippen LogP contribution in [0.4, 0.5) is 0 Å². The first kappa shape index (κ1) is 13.0. The van der Waals surface area contributed by atoms with Crippen molar-refractivity contribution in [3.05, 3.63) is 11.1 Å². The van der Waals surface area contributed by atoms with E-state index in [-0.39, 0.29) is 5.97 Å². The number of hydrogen-bond acceptors (Lipinski definition) is 3. The topological polar surface area (TPSA) is 35.5 Å². The van der Waals surface area contributed by atoms with Gasteiger partial charge in [-0.25, -0.2) is 4.79 Å². The number of hydrogen-bond donors (Lipinski definition) is 0. The quantitative estimate of drug-likeness (QED) is 0.418. The molecule has 1 rings (SSSR count). The fourth-order valence-electron chi connectivity index (χ4n) is 1.20. The number of carbonyl (C=O) groups is 1. The molecular weight excluding hydrogens is 220 g/mol. The molecule has 0 saturated heterocycles. The molecule has 1 heterocycles. The van der Waals surface area contributed by atoms with Crippen molar-refractivity contribution in [2.75, 3.05) is 19.8 Å². The highest BCUT2D eigenvalue weighted by Gasteiger charge is 2.21. The largest absolute Gasteiger partial charge is 0.463 e. The fraction of sp³-hybridized carbons (Fsp3) is 0.583. The number of ether oxygens (including phenoxy) is 2. The van der Waals surface area contributed by atoms with E-state index >= 15 is 0 Å². The molecule has 0 spiro atoms. The Kier molecular flexibility index (Phi) is 4.33. The van der Waals surface area contributed by atoms with Gasteiger partial charge < -0.3 is 9.47 Å². The van der Waals surface area contributed by atoms with Gasteiger partial charge in [-0.2, -0.15) is 0 Å². The van der Waals surface area contributed by atoms with E-state index in [0.717, 1.165) is 5.57 Å². The average Bonchev–Trinajstić information content (AvgIpc) is 2.61. The summed E-state index contributed by atoms with van der Waals surface area (Å²) in [5.74, 6) is 2.78. The van der Waals surface area contributed by atoms with Crippen molar-refractivity contribution in [1.29, 1.82) is 0 Å². The zero-order valence-electron chi connectivity index (χ0n) is 10.3. The molecule has 3 nitrogen and oxygen atoms in total. The molecule has 0 aliphatic carbocycles. The normalized spacial score (nSPS) is 15.8. The van der Waals surface area contributed by atoms with Gasteiger partial charge in [-0.05, 0) is 6.92 Å². The van der Waals surface area contributed by atoms with Crippen LogP contribution < -0.4 is 0 Å². The Hall–Kier alpha value is -1.05. The number of carbonyl (C=O) groups excluding carboxylic acids is 1. The van der Waals surface area contributed by atoms with Crippen LogP contribution in [0.15, 0.2) is 11.1 Å². The van der Waals surface area contributed by atoms with E-state index in [0.29, 0.717) is 25.4 Å². The first-order chi connectivity index (χ1) is 7.44. The second-order valence-corrected chi connectivity index (χ2v) is 9.42. The van der Waals surface area contributed by atoms with Crippen LogP contribution >= 0.6 is 0 Å². The third kappa shape index (κ3) is 3.84. The highest BCUT2D eigenvalue weighted by molar-refractivity contribution is 6.83. The summed E-state index contributed by atoms with van der Waals surface area (Å²) in [7, 11) is -1.41. The Morgan fingerprint density at radius 3 is 2.69 bits per heavy atom. The summed E-state index contributed by atoms with van der Waals surface area (Å²) in [5, 5.41) is 0. The minimum absolute atomic E-state index is 0.292. The Morgan fingerprint density at radius 2 is 2.12 bits per heavy atom. The summed E-state index contributed by atoms with van der Waals surface area (Å²) in [6.07, 6.45) is 0. The van der Waals surface area contributed by atoms with Gasteiger partial charge in [0.1, 0.15) is 8.07 Å². The minimum atomic E-state index is -1.41. The Balaban J connectivity index is 2.86. The third-order valence-corrected chi connectivity index (χ3v) is 2.84. The van der Waals surface area contributed by atoms with Crippen LogP contribution in [0.3, 0.4) is 0 Å². The molecule has 16 heavy (non-hydrogen) atoms. The molecule has 1 aliphatic rings. The molecular formula is C12H18O3Si. The molecule has 0 N–H and O–H groups in total. The molecule has 0 aromatic rings. The van der Waals surface area contributed by atoms with E-state index in [4.69, 9.17) is 9.47 Å². The lowest BCUT2D eigenvalue weighted by Crippen LogP contribution is -2.16. The van der Waals surface area contributed by atoms with E-state index < -0.39 is 8.07 Å². The van der Waals surface area contributed by atoms with Gasteiger partial charge in [0.25, 0.3) is 0 Å². The maximum atomic E-state index is 11.6. The van der Waals surface area contributed by atoms with E-state index in [1.165, 1.54) is 0 Å². The Labute approximate surface area is 97.8 Å². The average molecular weight is 238 g/mol. The molecule has 0 bridgehead atoms. The highest BCUT2D eigenvalue weighted by Crippen LogP contribution is 2.15. The highest BCUT2D eigenvalue weighted by atomic mass is 28.3. The summed E-state index contributed by atoms with van der Waals surface area (Å²) < 4.78 is 10.2. The Bertz CT molecular complexity index is 366. The monoisotopic (exact) mass is 238 g/mol. The van der Waals surface area contributed by atoms with Crippen molar-refractivity contribution in [3.63, 3.8) is 0 Å².